The van der Waals surface area contributed by atoms with Crippen molar-refractivity contribution in [2.24, 2.45) is 0 Å². The van der Waals surface area contributed by atoms with Gasteiger partial charge in [0.2, 0.25) is 0 Å². The lowest BCUT2D eigenvalue weighted by Crippen LogP contribution is -2.29. The van der Waals surface area contributed by atoms with Crippen LogP contribution in [0.2, 0.25) is 0 Å². The van der Waals surface area contributed by atoms with Crippen LogP contribution in [0.1, 0.15) is 26.3 Å². The van der Waals surface area contributed by atoms with Gasteiger partial charge in [0, 0.05) is 12.4 Å². The van der Waals surface area contributed by atoms with Crippen molar-refractivity contribution in [2.45, 2.75) is 6.54 Å². The highest BCUT2D eigenvalue weighted by atomic mass is 16.3. The molecule has 0 radical (unpaired) electrons. The highest BCUT2D eigenvalue weighted by Gasteiger charge is 2.35. The molecule has 0 aliphatic carbocycles. The molecule has 5 heteroatoms. The average Bonchev–Trinajstić information content (AvgIpc) is 2.65. The van der Waals surface area contributed by atoms with E-state index < -0.39 is 0 Å². The van der Waals surface area contributed by atoms with Crippen LogP contribution in [0.4, 0.5) is 0 Å². The average molecular weight is 254 g/mol. The lowest BCUT2D eigenvalue weighted by atomic mass is 10.2. The number of aromatic nitrogens is 1. The van der Waals surface area contributed by atoms with Gasteiger partial charge in [-0.05, 0) is 23.8 Å². The van der Waals surface area contributed by atoms with Gasteiger partial charge < -0.3 is 5.11 Å². The monoisotopic (exact) mass is 254 g/mol. The second-order valence-electron chi connectivity index (χ2n) is 4.29. The zero-order chi connectivity index (χ0) is 13.4. The summed E-state index contributed by atoms with van der Waals surface area (Å²) in [7, 11) is 0. The topological polar surface area (TPSA) is 70.5 Å². The predicted octanol–water partition coefficient (Wildman–Crippen LogP) is 1.58. The van der Waals surface area contributed by atoms with Gasteiger partial charge in [0.15, 0.2) is 0 Å². The number of carbonyl (C=O) groups is 2. The van der Waals surface area contributed by atoms with E-state index in [-0.39, 0.29) is 24.1 Å². The van der Waals surface area contributed by atoms with Crippen LogP contribution in [0.3, 0.4) is 0 Å². The zero-order valence-electron chi connectivity index (χ0n) is 9.91. The Labute approximate surface area is 109 Å². The Morgan fingerprint density at radius 2 is 1.89 bits per heavy atom. The van der Waals surface area contributed by atoms with Crippen LogP contribution in [-0.4, -0.2) is 26.8 Å². The van der Waals surface area contributed by atoms with E-state index in [0.717, 1.165) is 4.90 Å². The van der Waals surface area contributed by atoms with E-state index in [9.17, 15) is 14.7 Å². The van der Waals surface area contributed by atoms with Gasteiger partial charge >= 0.3 is 0 Å². The van der Waals surface area contributed by atoms with Crippen molar-refractivity contribution in [1.29, 1.82) is 0 Å². The summed E-state index contributed by atoms with van der Waals surface area (Å²) in [4.78, 5) is 29.2. The summed E-state index contributed by atoms with van der Waals surface area (Å²) in [6, 6.07) is 8.03. The van der Waals surface area contributed by atoms with E-state index >= 15 is 0 Å². The molecule has 2 heterocycles. The molecule has 2 amide bonds. The smallest absolute Gasteiger partial charge is 0.263 e. The Morgan fingerprint density at radius 3 is 2.63 bits per heavy atom. The van der Waals surface area contributed by atoms with Crippen molar-refractivity contribution in [2.75, 3.05) is 0 Å². The molecule has 1 aromatic carbocycles. The molecule has 94 valence electrons. The normalized spacial score (nSPS) is 13.8. The largest absolute Gasteiger partial charge is 0.508 e. The van der Waals surface area contributed by atoms with E-state index in [4.69, 9.17) is 0 Å². The Hall–Kier alpha value is -2.69. The van der Waals surface area contributed by atoms with Crippen LogP contribution in [0.15, 0.2) is 42.7 Å². The molecule has 2 aromatic rings. The van der Waals surface area contributed by atoms with Gasteiger partial charge in [-0.2, -0.15) is 0 Å². The van der Waals surface area contributed by atoms with E-state index in [1.165, 1.54) is 30.6 Å². The molecular formula is C14H10N2O3. The third kappa shape index (κ3) is 1.85. The number of hydrogen-bond acceptors (Lipinski definition) is 4. The number of pyridine rings is 1. The highest BCUT2D eigenvalue weighted by Crippen LogP contribution is 2.24. The number of amides is 2. The van der Waals surface area contributed by atoms with Gasteiger partial charge in [0.05, 0.1) is 17.7 Å². The Bertz CT molecular complexity index is 647. The van der Waals surface area contributed by atoms with Gasteiger partial charge in [-0.1, -0.05) is 12.1 Å². The van der Waals surface area contributed by atoms with Gasteiger partial charge in [-0.3, -0.25) is 19.5 Å². The first-order valence-electron chi connectivity index (χ1n) is 5.75. The summed E-state index contributed by atoms with van der Waals surface area (Å²) in [5.74, 6) is -0.571. The minimum Gasteiger partial charge on any atom is -0.508 e. The zero-order valence-corrected chi connectivity index (χ0v) is 9.91. The van der Waals surface area contributed by atoms with Gasteiger partial charge in [0.1, 0.15) is 5.75 Å². The maximum absolute atomic E-state index is 12.1. The molecule has 0 unspecified atom stereocenters. The second-order valence-corrected chi connectivity index (χ2v) is 4.29. The van der Waals surface area contributed by atoms with Crippen molar-refractivity contribution in [1.82, 2.24) is 9.88 Å². The summed E-state index contributed by atoms with van der Waals surface area (Å²) in [5, 5.41) is 9.39. The fourth-order valence-corrected chi connectivity index (χ4v) is 2.12. The Balaban J connectivity index is 1.92. The molecule has 3 rings (SSSR count). The van der Waals surface area contributed by atoms with Crippen LogP contribution < -0.4 is 0 Å². The molecule has 1 aromatic heterocycles. The van der Waals surface area contributed by atoms with Crippen LogP contribution in [-0.2, 0) is 6.54 Å². The highest BCUT2D eigenvalue weighted by molar-refractivity contribution is 6.21. The SMILES string of the molecule is O=C1c2ccncc2C(=O)N1Cc1cccc(O)c1. The maximum atomic E-state index is 12.1. The van der Waals surface area contributed by atoms with Crippen molar-refractivity contribution in [3.05, 3.63) is 59.4 Å². The van der Waals surface area contributed by atoms with Crippen LogP contribution in [0, 0.1) is 0 Å². The molecule has 0 fully saturated rings. The van der Waals surface area contributed by atoms with Gasteiger partial charge in [0.25, 0.3) is 11.8 Å². The van der Waals surface area contributed by atoms with Crippen molar-refractivity contribution in [3.63, 3.8) is 0 Å². The number of phenolic OH excluding ortho intramolecular Hbond substituents is 1. The number of hydrogen-bond donors (Lipinski definition) is 1. The maximum Gasteiger partial charge on any atom is 0.263 e. The summed E-state index contributed by atoms with van der Waals surface area (Å²) in [6.07, 6.45) is 2.89. The molecule has 0 saturated heterocycles. The summed E-state index contributed by atoms with van der Waals surface area (Å²) < 4.78 is 0. The third-order valence-electron chi connectivity index (χ3n) is 3.02. The fourth-order valence-electron chi connectivity index (χ4n) is 2.12. The minimum absolute atomic E-state index is 0.107. The van der Waals surface area contributed by atoms with E-state index in [1.54, 1.807) is 12.1 Å². The molecule has 19 heavy (non-hydrogen) atoms. The number of imide groups is 1. The molecule has 1 N–H and O–H groups in total. The van der Waals surface area contributed by atoms with Crippen molar-refractivity contribution >= 4 is 11.8 Å². The van der Waals surface area contributed by atoms with Gasteiger partial charge in [-0.25, -0.2) is 0 Å². The lowest BCUT2D eigenvalue weighted by molar-refractivity contribution is 0.0642. The molecule has 0 saturated carbocycles. The number of aromatic hydroxyl groups is 1. The summed E-state index contributed by atoms with van der Waals surface area (Å²) in [6.45, 7) is 0.140. The first kappa shape index (κ1) is 11.4. The Morgan fingerprint density at radius 1 is 1.11 bits per heavy atom. The molecule has 5 nitrogen and oxygen atoms in total. The fraction of sp³-hybridized carbons (Fsp3) is 0.0714. The van der Waals surface area contributed by atoms with Crippen LogP contribution >= 0.6 is 0 Å². The van der Waals surface area contributed by atoms with Crippen LogP contribution in [0.5, 0.6) is 5.75 Å². The number of nitrogens with zero attached hydrogens (tertiary/aromatic N) is 2. The van der Waals surface area contributed by atoms with Gasteiger partial charge in [-0.15, -0.1) is 0 Å². The number of benzene rings is 1. The first-order chi connectivity index (χ1) is 9.16. The summed E-state index contributed by atoms with van der Waals surface area (Å²) >= 11 is 0. The summed E-state index contributed by atoms with van der Waals surface area (Å²) in [5.41, 5.74) is 1.40. The lowest BCUT2D eigenvalue weighted by Gasteiger charge is -2.13. The standard InChI is InChI=1S/C14H10N2O3/c17-10-3-1-2-9(6-10)8-16-13(18)11-4-5-15-7-12(11)14(16)19/h1-7,17H,8H2. The second kappa shape index (κ2) is 4.20. The first-order valence-corrected chi connectivity index (χ1v) is 5.75. The number of carbonyl (C=O) groups excluding carboxylic acids is 2. The van der Waals surface area contributed by atoms with E-state index in [1.807, 2.05) is 0 Å². The van der Waals surface area contributed by atoms with Crippen LogP contribution in [0.25, 0.3) is 0 Å². The van der Waals surface area contributed by atoms with E-state index in [0.29, 0.717) is 16.7 Å². The molecule has 0 bridgehead atoms. The molecule has 1 aliphatic rings. The molecule has 0 spiro atoms. The van der Waals surface area contributed by atoms with Crippen molar-refractivity contribution in [3.8, 4) is 5.75 Å². The number of fused-ring (bicyclic) bond motifs is 1. The number of phenols is 1. The molecule has 0 atom stereocenters. The number of rotatable bonds is 2. The molecule has 1 aliphatic heterocycles. The third-order valence-corrected chi connectivity index (χ3v) is 3.02. The molecular weight excluding hydrogens is 244 g/mol. The predicted molar refractivity (Wildman–Crippen MR) is 66.5 cm³/mol. The quantitative estimate of drug-likeness (QED) is 0.826. The van der Waals surface area contributed by atoms with Crippen molar-refractivity contribution < 1.29 is 14.7 Å². The van der Waals surface area contributed by atoms with E-state index in [2.05, 4.69) is 4.98 Å². The minimum atomic E-state index is -0.351. The Kier molecular flexibility index (Phi) is 2.52.